The van der Waals surface area contributed by atoms with Crippen molar-refractivity contribution in [2.75, 3.05) is 0 Å². The summed E-state index contributed by atoms with van der Waals surface area (Å²) < 4.78 is 0. The van der Waals surface area contributed by atoms with E-state index < -0.39 is 0 Å². The maximum absolute atomic E-state index is 11.0. The molecule has 0 aliphatic carbocycles. The fraction of sp³-hybridized carbons (Fsp3) is 0.643. The highest BCUT2D eigenvalue weighted by Crippen LogP contribution is 2.28. The largest absolute Gasteiger partial charge is 0.303 e. The fourth-order valence-electron chi connectivity index (χ4n) is 1.69. The van der Waals surface area contributed by atoms with Crippen LogP contribution in [0.25, 0.3) is 0 Å². The Morgan fingerprint density at radius 2 is 1.93 bits per heavy atom. The molecule has 0 radical (unpaired) electrons. The molecule has 0 aromatic heterocycles. The first-order valence-corrected chi connectivity index (χ1v) is 5.76. The smallest absolute Gasteiger partial charge is 0.125 e. The van der Waals surface area contributed by atoms with Crippen molar-refractivity contribution in [3.8, 4) is 0 Å². The highest BCUT2D eigenvalue weighted by atomic mass is 16.1. The van der Waals surface area contributed by atoms with E-state index in [9.17, 15) is 4.79 Å². The van der Waals surface area contributed by atoms with Crippen LogP contribution in [0.15, 0.2) is 24.8 Å². The molecule has 0 heterocycles. The molecule has 0 aliphatic heterocycles. The van der Waals surface area contributed by atoms with Crippen LogP contribution in [0.5, 0.6) is 0 Å². The SMILES string of the molecule is C=CCCC[C@](C)(C=O)CCCC(=C)C. The topological polar surface area (TPSA) is 17.1 Å². The van der Waals surface area contributed by atoms with Crippen LogP contribution >= 0.6 is 0 Å². The summed E-state index contributed by atoms with van der Waals surface area (Å²) >= 11 is 0. The van der Waals surface area contributed by atoms with Crippen molar-refractivity contribution in [1.29, 1.82) is 0 Å². The molecule has 1 nitrogen and oxygen atoms in total. The number of hydrogen-bond acceptors (Lipinski definition) is 1. The number of allylic oxidation sites excluding steroid dienone is 2. The van der Waals surface area contributed by atoms with Gasteiger partial charge >= 0.3 is 0 Å². The third kappa shape index (κ3) is 7.12. The molecule has 0 spiro atoms. The van der Waals surface area contributed by atoms with E-state index >= 15 is 0 Å². The molecular formula is C14H24O. The van der Waals surface area contributed by atoms with Gasteiger partial charge in [-0.15, -0.1) is 13.2 Å². The molecule has 1 heteroatoms. The normalized spacial score (nSPS) is 14.3. The average Bonchev–Trinajstić information content (AvgIpc) is 2.18. The summed E-state index contributed by atoms with van der Waals surface area (Å²) in [5.41, 5.74) is 1.06. The lowest BCUT2D eigenvalue weighted by atomic mass is 9.81. The molecule has 15 heavy (non-hydrogen) atoms. The number of hydrogen-bond donors (Lipinski definition) is 0. The second kappa shape index (κ2) is 7.44. The molecule has 0 fully saturated rings. The lowest BCUT2D eigenvalue weighted by molar-refractivity contribution is -0.116. The van der Waals surface area contributed by atoms with E-state index in [-0.39, 0.29) is 5.41 Å². The number of unbranched alkanes of at least 4 members (excludes halogenated alkanes) is 1. The van der Waals surface area contributed by atoms with Crippen LogP contribution < -0.4 is 0 Å². The van der Waals surface area contributed by atoms with E-state index in [1.54, 1.807) is 0 Å². The van der Waals surface area contributed by atoms with Crippen molar-refractivity contribution in [1.82, 2.24) is 0 Å². The van der Waals surface area contributed by atoms with Gasteiger partial charge in [-0.25, -0.2) is 0 Å². The minimum atomic E-state index is -0.140. The van der Waals surface area contributed by atoms with Gasteiger partial charge in [0.2, 0.25) is 0 Å². The van der Waals surface area contributed by atoms with Crippen LogP contribution in [-0.2, 0) is 4.79 Å². The number of carbonyl (C=O) groups excluding carboxylic acids is 1. The summed E-state index contributed by atoms with van der Waals surface area (Å²) in [5, 5.41) is 0. The van der Waals surface area contributed by atoms with E-state index in [0.717, 1.165) is 44.8 Å². The van der Waals surface area contributed by atoms with Crippen LogP contribution in [0.2, 0.25) is 0 Å². The Morgan fingerprint density at radius 1 is 1.33 bits per heavy atom. The Morgan fingerprint density at radius 3 is 2.40 bits per heavy atom. The quantitative estimate of drug-likeness (QED) is 0.314. The monoisotopic (exact) mass is 208 g/mol. The van der Waals surface area contributed by atoms with E-state index in [0.29, 0.717) is 0 Å². The van der Waals surface area contributed by atoms with Crippen molar-refractivity contribution in [3.05, 3.63) is 24.8 Å². The number of carbonyl (C=O) groups is 1. The van der Waals surface area contributed by atoms with E-state index in [2.05, 4.69) is 20.1 Å². The molecule has 0 rings (SSSR count). The average molecular weight is 208 g/mol. The highest BCUT2D eigenvalue weighted by Gasteiger charge is 2.21. The van der Waals surface area contributed by atoms with Crippen LogP contribution in [0.4, 0.5) is 0 Å². The second-order valence-electron chi connectivity index (χ2n) is 4.76. The summed E-state index contributed by atoms with van der Waals surface area (Å²) in [4.78, 5) is 11.0. The van der Waals surface area contributed by atoms with Gasteiger partial charge in [0.05, 0.1) is 0 Å². The van der Waals surface area contributed by atoms with Crippen molar-refractivity contribution in [2.45, 2.75) is 52.4 Å². The zero-order valence-electron chi connectivity index (χ0n) is 10.2. The summed E-state index contributed by atoms with van der Waals surface area (Å²) in [6.07, 6.45) is 9.14. The minimum absolute atomic E-state index is 0.140. The lowest BCUT2D eigenvalue weighted by Crippen LogP contribution is -2.18. The molecule has 0 saturated heterocycles. The third-order valence-corrected chi connectivity index (χ3v) is 2.79. The van der Waals surface area contributed by atoms with Crippen molar-refractivity contribution in [2.24, 2.45) is 5.41 Å². The Hall–Kier alpha value is -0.850. The molecule has 0 bridgehead atoms. The van der Waals surface area contributed by atoms with E-state index in [1.165, 1.54) is 5.57 Å². The van der Waals surface area contributed by atoms with Gasteiger partial charge in [0.25, 0.3) is 0 Å². The molecule has 0 amide bonds. The van der Waals surface area contributed by atoms with Gasteiger partial charge < -0.3 is 4.79 Å². The number of rotatable bonds is 9. The van der Waals surface area contributed by atoms with Gasteiger partial charge in [-0.2, -0.15) is 0 Å². The van der Waals surface area contributed by atoms with E-state index in [1.807, 2.05) is 13.0 Å². The van der Waals surface area contributed by atoms with Crippen LogP contribution in [-0.4, -0.2) is 6.29 Å². The standard InChI is InChI=1S/C14H24O/c1-5-6-7-10-14(4,12-15)11-8-9-13(2)3/h5,12H,1-2,6-11H2,3-4H3/t14-/m0/s1. The molecule has 0 aromatic rings. The first-order chi connectivity index (χ1) is 7.04. The van der Waals surface area contributed by atoms with Crippen molar-refractivity contribution in [3.63, 3.8) is 0 Å². The molecule has 0 aliphatic rings. The molecule has 0 saturated carbocycles. The first kappa shape index (κ1) is 14.2. The van der Waals surface area contributed by atoms with Gasteiger partial charge in [0.1, 0.15) is 6.29 Å². The van der Waals surface area contributed by atoms with Crippen LogP contribution in [0.1, 0.15) is 52.4 Å². The third-order valence-electron chi connectivity index (χ3n) is 2.79. The van der Waals surface area contributed by atoms with Gasteiger partial charge in [-0.1, -0.05) is 18.6 Å². The fourth-order valence-corrected chi connectivity index (χ4v) is 1.69. The van der Waals surface area contributed by atoms with E-state index in [4.69, 9.17) is 0 Å². The van der Waals surface area contributed by atoms with Crippen LogP contribution in [0, 0.1) is 5.41 Å². The maximum Gasteiger partial charge on any atom is 0.125 e. The lowest BCUT2D eigenvalue weighted by Gasteiger charge is -2.22. The zero-order chi connectivity index (χ0) is 11.7. The van der Waals surface area contributed by atoms with Gasteiger partial charge in [0.15, 0.2) is 0 Å². The molecular weight excluding hydrogens is 184 g/mol. The Kier molecular flexibility index (Phi) is 7.02. The van der Waals surface area contributed by atoms with Gasteiger partial charge in [-0.05, 0) is 45.4 Å². The summed E-state index contributed by atoms with van der Waals surface area (Å²) in [6, 6.07) is 0. The minimum Gasteiger partial charge on any atom is -0.303 e. The van der Waals surface area contributed by atoms with Crippen molar-refractivity contribution < 1.29 is 4.79 Å². The van der Waals surface area contributed by atoms with Gasteiger partial charge in [0, 0.05) is 5.41 Å². The summed E-state index contributed by atoms with van der Waals surface area (Å²) in [5.74, 6) is 0. The van der Waals surface area contributed by atoms with Crippen LogP contribution in [0.3, 0.4) is 0 Å². The first-order valence-electron chi connectivity index (χ1n) is 5.76. The zero-order valence-corrected chi connectivity index (χ0v) is 10.2. The van der Waals surface area contributed by atoms with Gasteiger partial charge in [-0.3, -0.25) is 0 Å². The highest BCUT2D eigenvalue weighted by molar-refractivity contribution is 5.58. The molecule has 1 atom stereocenters. The Labute approximate surface area is 94.3 Å². The summed E-state index contributed by atoms with van der Waals surface area (Å²) in [6.45, 7) is 11.7. The predicted octanol–water partition coefficient (Wildman–Crippen LogP) is 4.29. The van der Waals surface area contributed by atoms with Crippen molar-refractivity contribution >= 4 is 6.29 Å². The molecule has 0 N–H and O–H groups in total. The predicted molar refractivity (Wildman–Crippen MR) is 66.9 cm³/mol. The summed E-state index contributed by atoms with van der Waals surface area (Å²) in [7, 11) is 0. The second-order valence-corrected chi connectivity index (χ2v) is 4.76. The molecule has 0 aromatic carbocycles. The molecule has 86 valence electrons. The Bertz CT molecular complexity index is 217. The number of aldehydes is 1. The maximum atomic E-state index is 11.0. The Balaban J connectivity index is 3.89. The molecule has 0 unspecified atom stereocenters.